The normalized spacial score (nSPS) is 17.6. The number of hydrogen-bond donors (Lipinski definition) is 1. The van der Waals surface area contributed by atoms with Crippen LogP contribution in [0.25, 0.3) is 0 Å². The Hall–Kier alpha value is -1.06. The Morgan fingerprint density at radius 1 is 1.15 bits per heavy atom. The molecule has 0 radical (unpaired) electrons. The molecule has 0 unspecified atom stereocenters. The predicted molar refractivity (Wildman–Crippen MR) is 87.6 cm³/mol. The molecule has 1 aromatic rings. The van der Waals surface area contributed by atoms with Gasteiger partial charge in [0.05, 0.1) is 0 Å². The zero-order valence-electron chi connectivity index (χ0n) is 13.2. The minimum atomic E-state index is 0.599. The van der Waals surface area contributed by atoms with Gasteiger partial charge in [-0.25, -0.2) is 0 Å². The van der Waals surface area contributed by atoms with Crippen molar-refractivity contribution in [2.24, 2.45) is 0 Å². The average molecular weight is 275 g/mol. The molecule has 1 aliphatic heterocycles. The first-order valence-electron chi connectivity index (χ1n) is 7.90. The largest absolute Gasteiger partial charge is 0.385 e. The Morgan fingerprint density at radius 3 is 2.60 bits per heavy atom. The summed E-state index contributed by atoms with van der Waals surface area (Å²) in [6, 6.07) is 8.81. The maximum atomic E-state index is 3.55. The molecule has 1 N–H and O–H groups in total. The van der Waals surface area contributed by atoms with E-state index >= 15 is 0 Å². The lowest BCUT2D eigenvalue weighted by Crippen LogP contribution is -2.44. The van der Waals surface area contributed by atoms with Crippen LogP contribution < -0.4 is 5.32 Å². The van der Waals surface area contributed by atoms with Gasteiger partial charge in [0.25, 0.3) is 0 Å². The quantitative estimate of drug-likeness (QED) is 0.805. The van der Waals surface area contributed by atoms with E-state index < -0.39 is 0 Å². The van der Waals surface area contributed by atoms with Crippen molar-refractivity contribution in [1.29, 1.82) is 0 Å². The highest BCUT2D eigenvalue weighted by molar-refractivity contribution is 5.46. The maximum absolute atomic E-state index is 3.55. The summed E-state index contributed by atoms with van der Waals surface area (Å²) in [6.07, 6.45) is 1.22. The summed E-state index contributed by atoms with van der Waals surface area (Å²) in [4.78, 5) is 4.98. The van der Waals surface area contributed by atoms with Crippen LogP contribution in [-0.4, -0.2) is 56.1 Å². The van der Waals surface area contributed by atoms with Crippen molar-refractivity contribution in [3.8, 4) is 0 Å². The highest BCUT2D eigenvalue weighted by Gasteiger charge is 2.12. The number of hydrogen-bond acceptors (Lipinski definition) is 3. The van der Waals surface area contributed by atoms with Crippen molar-refractivity contribution in [2.45, 2.75) is 26.2 Å². The number of piperazine rings is 1. The molecule has 1 aromatic carbocycles. The number of nitrogens with zero attached hydrogens (tertiary/aromatic N) is 2. The number of benzene rings is 1. The van der Waals surface area contributed by atoms with Gasteiger partial charge in [-0.15, -0.1) is 0 Å². The molecule has 0 amide bonds. The van der Waals surface area contributed by atoms with Gasteiger partial charge in [-0.05, 0) is 43.6 Å². The number of nitrogens with one attached hydrogen (secondary N) is 1. The Balaban J connectivity index is 1.67. The van der Waals surface area contributed by atoms with E-state index in [2.05, 4.69) is 60.3 Å². The van der Waals surface area contributed by atoms with Crippen LogP contribution in [0.5, 0.6) is 0 Å². The number of likely N-dealkylation sites (N-methyl/N-ethyl adjacent to an activating group) is 1. The summed E-state index contributed by atoms with van der Waals surface area (Å²) < 4.78 is 0. The van der Waals surface area contributed by atoms with Crippen molar-refractivity contribution in [2.75, 3.05) is 51.6 Å². The van der Waals surface area contributed by atoms with E-state index in [1.54, 1.807) is 0 Å². The second kappa shape index (κ2) is 7.65. The van der Waals surface area contributed by atoms with Gasteiger partial charge in [-0.3, -0.25) is 0 Å². The van der Waals surface area contributed by atoms with E-state index in [1.165, 1.54) is 50.4 Å². The van der Waals surface area contributed by atoms with Gasteiger partial charge in [-0.1, -0.05) is 26.0 Å². The number of anilines is 1. The maximum Gasteiger partial charge on any atom is 0.0343 e. The van der Waals surface area contributed by atoms with Crippen molar-refractivity contribution in [3.63, 3.8) is 0 Å². The molecule has 0 aliphatic carbocycles. The lowest BCUT2D eigenvalue weighted by molar-refractivity contribution is 0.154. The van der Waals surface area contributed by atoms with Gasteiger partial charge in [0.2, 0.25) is 0 Å². The lowest BCUT2D eigenvalue weighted by Gasteiger charge is -2.32. The highest BCUT2D eigenvalue weighted by Crippen LogP contribution is 2.18. The summed E-state index contributed by atoms with van der Waals surface area (Å²) in [5.74, 6) is 0.599. The fourth-order valence-electron chi connectivity index (χ4n) is 2.61. The van der Waals surface area contributed by atoms with E-state index in [4.69, 9.17) is 0 Å². The van der Waals surface area contributed by atoms with E-state index in [-0.39, 0.29) is 0 Å². The van der Waals surface area contributed by atoms with Crippen LogP contribution in [0.2, 0.25) is 0 Å². The fraction of sp³-hybridized carbons (Fsp3) is 0.647. The van der Waals surface area contributed by atoms with Crippen molar-refractivity contribution >= 4 is 5.69 Å². The van der Waals surface area contributed by atoms with Crippen LogP contribution in [0.4, 0.5) is 5.69 Å². The molecule has 20 heavy (non-hydrogen) atoms. The Bertz CT molecular complexity index is 395. The lowest BCUT2D eigenvalue weighted by atomic mass is 10.0. The van der Waals surface area contributed by atoms with Crippen molar-refractivity contribution < 1.29 is 0 Å². The van der Waals surface area contributed by atoms with Gasteiger partial charge < -0.3 is 15.1 Å². The monoisotopic (exact) mass is 275 g/mol. The van der Waals surface area contributed by atoms with Gasteiger partial charge in [0.1, 0.15) is 0 Å². The van der Waals surface area contributed by atoms with Crippen LogP contribution >= 0.6 is 0 Å². The second-order valence-electron chi connectivity index (χ2n) is 6.21. The first kappa shape index (κ1) is 15.3. The van der Waals surface area contributed by atoms with Gasteiger partial charge >= 0.3 is 0 Å². The summed E-state index contributed by atoms with van der Waals surface area (Å²) in [5, 5.41) is 3.55. The summed E-state index contributed by atoms with van der Waals surface area (Å²) in [5.41, 5.74) is 2.67. The predicted octanol–water partition coefficient (Wildman–Crippen LogP) is 2.86. The molecule has 2 rings (SSSR count). The van der Waals surface area contributed by atoms with Crippen LogP contribution in [0.1, 0.15) is 31.7 Å². The third-order valence-electron chi connectivity index (χ3n) is 4.13. The molecule has 1 fully saturated rings. The van der Waals surface area contributed by atoms with Gasteiger partial charge in [0, 0.05) is 38.4 Å². The van der Waals surface area contributed by atoms with E-state index in [0.29, 0.717) is 5.92 Å². The zero-order valence-corrected chi connectivity index (χ0v) is 13.2. The molecule has 0 saturated carbocycles. The average Bonchev–Trinajstić information content (AvgIpc) is 2.46. The minimum Gasteiger partial charge on any atom is -0.385 e. The zero-order chi connectivity index (χ0) is 14.4. The summed E-state index contributed by atoms with van der Waals surface area (Å²) in [7, 11) is 2.21. The molecule has 0 spiro atoms. The summed E-state index contributed by atoms with van der Waals surface area (Å²) in [6.45, 7) is 11.6. The van der Waals surface area contributed by atoms with Crippen LogP contribution in [0.15, 0.2) is 24.3 Å². The van der Waals surface area contributed by atoms with Crippen LogP contribution in [0.3, 0.4) is 0 Å². The molecule has 0 bridgehead atoms. The molecule has 1 heterocycles. The molecule has 112 valence electrons. The standard InChI is InChI=1S/C17H29N3/c1-15(2)16-6-4-7-17(14-16)18-8-5-9-20-12-10-19(3)11-13-20/h4,6-7,14-15,18H,5,8-13H2,1-3H3. The first-order valence-corrected chi connectivity index (χ1v) is 7.90. The van der Waals surface area contributed by atoms with E-state index in [1.807, 2.05) is 0 Å². The molecule has 3 heteroatoms. The smallest absolute Gasteiger partial charge is 0.0343 e. The van der Waals surface area contributed by atoms with Crippen molar-refractivity contribution in [1.82, 2.24) is 9.80 Å². The molecule has 0 atom stereocenters. The third-order valence-corrected chi connectivity index (χ3v) is 4.13. The third kappa shape index (κ3) is 4.80. The van der Waals surface area contributed by atoms with Gasteiger partial charge in [-0.2, -0.15) is 0 Å². The molecule has 1 saturated heterocycles. The Morgan fingerprint density at radius 2 is 1.90 bits per heavy atom. The molecular formula is C17H29N3. The van der Waals surface area contributed by atoms with E-state index in [9.17, 15) is 0 Å². The minimum absolute atomic E-state index is 0.599. The Kier molecular flexibility index (Phi) is 5.86. The second-order valence-corrected chi connectivity index (χ2v) is 6.21. The molecule has 0 aromatic heterocycles. The summed E-state index contributed by atoms with van der Waals surface area (Å²) >= 11 is 0. The van der Waals surface area contributed by atoms with Crippen molar-refractivity contribution in [3.05, 3.63) is 29.8 Å². The molecule has 1 aliphatic rings. The molecule has 3 nitrogen and oxygen atoms in total. The fourth-order valence-corrected chi connectivity index (χ4v) is 2.61. The topological polar surface area (TPSA) is 18.5 Å². The van der Waals surface area contributed by atoms with E-state index in [0.717, 1.165) is 6.54 Å². The SMILES string of the molecule is CC(C)c1cccc(NCCCN2CCN(C)CC2)c1. The first-order chi connectivity index (χ1) is 9.65. The molecular weight excluding hydrogens is 246 g/mol. The number of rotatable bonds is 6. The van der Waals surface area contributed by atoms with Crippen LogP contribution in [-0.2, 0) is 0 Å². The Labute approximate surface area is 124 Å². The van der Waals surface area contributed by atoms with Crippen LogP contribution in [0, 0.1) is 0 Å². The van der Waals surface area contributed by atoms with Gasteiger partial charge in [0.15, 0.2) is 0 Å². The highest BCUT2D eigenvalue weighted by atomic mass is 15.2.